The minimum absolute atomic E-state index is 0.712. The number of nitrogens with zero attached hydrogens (tertiary/aromatic N) is 2. The molecule has 3 atom stereocenters. The first-order valence-electron chi connectivity index (χ1n) is 8.46. The SMILES string of the molecule is COCCN(CC1CCCN1)C1CC2CCC(C1)N2C. The molecule has 0 aliphatic carbocycles. The van der Waals surface area contributed by atoms with E-state index in [0.717, 1.165) is 31.3 Å². The second kappa shape index (κ2) is 6.73. The molecular formula is C16H31N3O. The highest BCUT2D eigenvalue weighted by Crippen LogP contribution is 2.36. The predicted octanol–water partition coefficient (Wildman–Crippen LogP) is 1.31. The van der Waals surface area contributed by atoms with Gasteiger partial charge in [-0.25, -0.2) is 0 Å². The minimum Gasteiger partial charge on any atom is -0.383 e. The molecule has 4 nitrogen and oxygen atoms in total. The molecule has 3 saturated heterocycles. The van der Waals surface area contributed by atoms with Crippen molar-refractivity contribution in [2.75, 3.05) is 40.4 Å². The van der Waals surface area contributed by atoms with E-state index in [0.29, 0.717) is 6.04 Å². The molecule has 3 fully saturated rings. The molecule has 0 aromatic carbocycles. The Morgan fingerprint density at radius 2 is 1.95 bits per heavy atom. The molecule has 2 bridgehead atoms. The summed E-state index contributed by atoms with van der Waals surface area (Å²) in [6.45, 7) is 4.40. The predicted molar refractivity (Wildman–Crippen MR) is 82.1 cm³/mol. The van der Waals surface area contributed by atoms with Crippen LogP contribution < -0.4 is 5.32 Å². The highest BCUT2D eigenvalue weighted by molar-refractivity contribution is 4.97. The summed E-state index contributed by atoms with van der Waals surface area (Å²) in [6, 6.07) is 3.16. The van der Waals surface area contributed by atoms with Crippen LogP contribution in [0.15, 0.2) is 0 Å². The Morgan fingerprint density at radius 1 is 1.20 bits per heavy atom. The van der Waals surface area contributed by atoms with Crippen LogP contribution in [0.25, 0.3) is 0 Å². The number of methoxy groups -OCH3 is 1. The van der Waals surface area contributed by atoms with Crippen LogP contribution in [-0.2, 0) is 4.74 Å². The normalized spacial score (nSPS) is 38.0. The Bertz CT molecular complexity index is 292. The summed E-state index contributed by atoms with van der Waals surface area (Å²) in [5, 5.41) is 3.66. The van der Waals surface area contributed by atoms with E-state index in [1.54, 1.807) is 0 Å². The average Bonchev–Trinajstić information content (AvgIpc) is 3.00. The molecule has 0 amide bonds. The zero-order chi connectivity index (χ0) is 13.9. The van der Waals surface area contributed by atoms with Gasteiger partial charge in [-0.15, -0.1) is 0 Å². The lowest BCUT2D eigenvalue weighted by Gasteiger charge is -2.42. The fourth-order valence-electron chi connectivity index (χ4n) is 4.51. The molecule has 20 heavy (non-hydrogen) atoms. The Kier molecular flexibility index (Phi) is 4.97. The molecule has 3 heterocycles. The Morgan fingerprint density at radius 3 is 2.55 bits per heavy atom. The summed E-state index contributed by atoms with van der Waals surface area (Å²) in [7, 11) is 4.15. The van der Waals surface area contributed by atoms with E-state index in [1.165, 1.54) is 51.6 Å². The molecule has 1 N–H and O–H groups in total. The van der Waals surface area contributed by atoms with Crippen molar-refractivity contribution in [2.45, 2.75) is 62.7 Å². The third-order valence-electron chi connectivity index (χ3n) is 5.79. The van der Waals surface area contributed by atoms with Crippen LogP contribution in [0.1, 0.15) is 38.5 Å². The van der Waals surface area contributed by atoms with Crippen LogP contribution in [0.4, 0.5) is 0 Å². The molecule has 3 aliphatic rings. The van der Waals surface area contributed by atoms with E-state index in [2.05, 4.69) is 22.2 Å². The van der Waals surface area contributed by atoms with Crippen molar-refractivity contribution in [2.24, 2.45) is 0 Å². The number of ether oxygens (including phenoxy) is 1. The summed E-state index contributed by atoms with van der Waals surface area (Å²) in [6.07, 6.45) is 8.26. The largest absolute Gasteiger partial charge is 0.383 e. The third-order valence-corrected chi connectivity index (χ3v) is 5.79. The molecule has 0 saturated carbocycles. The monoisotopic (exact) mass is 281 g/mol. The van der Waals surface area contributed by atoms with Crippen LogP contribution >= 0.6 is 0 Å². The van der Waals surface area contributed by atoms with Gasteiger partial charge in [0.2, 0.25) is 0 Å². The van der Waals surface area contributed by atoms with Crippen LogP contribution in [0.5, 0.6) is 0 Å². The number of hydrogen-bond donors (Lipinski definition) is 1. The molecule has 3 aliphatic heterocycles. The first kappa shape index (κ1) is 14.8. The van der Waals surface area contributed by atoms with E-state index in [9.17, 15) is 0 Å². The third kappa shape index (κ3) is 3.19. The maximum Gasteiger partial charge on any atom is 0.0589 e. The molecular weight excluding hydrogens is 250 g/mol. The fraction of sp³-hybridized carbons (Fsp3) is 1.00. The van der Waals surface area contributed by atoms with Gasteiger partial charge in [-0.1, -0.05) is 0 Å². The number of nitrogens with one attached hydrogen (secondary N) is 1. The lowest BCUT2D eigenvalue weighted by molar-refractivity contribution is 0.0517. The van der Waals surface area contributed by atoms with E-state index in [4.69, 9.17) is 4.74 Å². The van der Waals surface area contributed by atoms with Gasteiger partial charge in [0.15, 0.2) is 0 Å². The lowest BCUT2D eigenvalue weighted by atomic mass is 9.96. The number of hydrogen-bond acceptors (Lipinski definition) is 4. The first-order chi connectivity index (χ1) is 9.78. The maximum atomic E-state index is 5.35. The zero-order valence-electron chi connectivity index (χ0n) is 13.2. The van der Waals surface area contributed by atoms with E-state index < -0.39 is 0 Å². The summed E-state index contributed by atoms with van der Waals surface area (Å²) >= 11 is 0. The summed E-state index contributed by atoms with van der Waals surface area (Å²) in [4.78, 5) is 5.36. The van der Waals surface area contributed by atoms with E-state index in [1.807, 2.05) is 7.11 Å². The van der Waals surface area contributed by atoms with E-state index in [-0.39, 0.29) is 0 Å². The van der Waals surface area contributed by atoms with Crippen molar-refractivity contribution in [1.29, 1.82) is 0 Å². The first-order valence-corrected chi connectivity index (χ1v) is 8.46. The highest BCUT2D eigenvalue weighted by Gasteiger charge is 2.40. The van der Waals surface area contributed by atoms with Crippen molar-refractivity contribution in [1.82, 2.24) is 15.1 Å². The van der Waals surface area contributed by atoms with Gasteiger partial charge in [-0.3, -0.25) is 4.90 Å². The smallest absolute Gasteiger partial charge is 0.0589 e. The van der Waals surface area contributed by atoms with Gasteiger partial charge in [-0.05, 0) is 52.1 Å². The topological polar surface area (TPSA) is 27.7 Å². The highest BCUT2D eigenvalue weighted by atomic mass is 16.5. The lowest BCUT2D eigenvalue weighted by Crippen LogP contribution is -2.52. The molecule has 0 aromatic rings. The number of fused-ring (bicyclic) bond motifs is 2. The Labute approximate surface area is 123 Å². The van der Waals surface area contributed by atoms with Gasteiger partial charge in [0.05, 0.1) is 6.61 Å². The van der Waals surface area contributed by atoms with Gasteiger partial charge in [0, 0.05) is 44.4 Å². The van der Waals surface area contributed by atoms with Gasteiger partial charge in [0.1, 0.15) is 0 Å². The fourth-order valence-corrected chi connectivity index (χ4v) is 4.51. The van der Waals surface area contributed by atoms with Crippen molar-refractivity contribution < 1.29 is 4.74 Å². The Hall–Kier alpha value is -0.160. The second-order valence-corrected chi connectivity index (χ2v) is 6.96. The van der Waals surface area contributed by atoms with Gasteiger partial charge in [-0.2, -0.15) is 0 Å². The molecule has 4 heteroatoms. The summed E-state index contributed by atoms with van der Waals surface area (Å²) in [5.74, 6) is 0. The van der Waals surface area contributed by atoms with Crippen molar-refractivity contribution in [3.63, 3.8) is 0 Å². The van der Waals surface area contributed by atoms with Crippen molar-refractivity contribution >= 4 is 0 Å². The van der Waals surface area contributed by atoms with Crippen LogP contribution in [0, 0.1) is 0 Å². The quantitative estimate of drug-likeness (QED) is 0.794. The molecule has 0 spiro atoms. The van der Waals surface area contributed by atoms with E-state index >= 15 is 0 Å². The molecule has 116 valence electrons. The maximum absolute atomic E-state index is 5.35. The van der Waals surface area contributed by atoms with Gasteiger partial charge < -0.3 is 15.0 Å². The molecule has 3 unspecified atom stereocenters. The van der Waals surface area contributed by atoms with Crippen LogP contribution in [0.2, 0.25) is 0 Å². The molecule has 0 radical (unpaired) electrons. The number of rotatable bonds is 6. The van der Waals surface area contributed by atoms with Gasteiger partial charge in [0.25, 0.3) is 0 Å². The van der Waals surface area contributed by atoms with Crippen molar-refractivity contribution in [3.05, 3.63) is 0 Å². The molecule has 3 rings (SSSR count). The average molecular weight is 281 g/mol. The minimum atomic E-state index is 0.712. The Balaban J connectivity index is 1.59. The number of piperidine rings is 1. The molecule has 0 aromatic heterocycles. The van der Waals surface area contributed by atoms with Gasteiger partial charge >= 0.3 is 0 Å². The zero-order valence-corrected chi connectivity index (χ0v) is 13.2. The van der Waals surface area contributed by atoms with Crippen LogP contribution in [0.3, 0.4) is 0 Å². The second-order valence-electron chi connectivity index (χ2n) is 6.96. The standard InChI is InChI=1S/C16H31N3O/c1-18-14-5-6-15(18)11-16(10-14)19(8-9-20-2)12-13-4-3-7-17-13/h13-17H,3-12H2,1-2H3. The summed E-state index contributed by atoms with van der Waals surface area (Å²) in [5.41, 5.74) is 0. The van der Waals surface area contributed by atoms with Crippen molar-refractivity contribution in [3.8, 4) is 0 Å². The summed E-state index contributed by atoms with van der Waals surface area (Å²) < 4.78 is 5.35. The van der Waals surface area contributed by atoms with Crippen LogP contribution in [-0.4, -0.2) is 74.4 Å².